The van der Waals surface area contributed by atoms with Gasteiger partial charge in [0.1, 0.15) is 0 Å². The van der Waals surface area contributed by atoms with Crippen molar-refractivity contribution in [3.8, 4) is 0 Å². The van der Waals surface area contributed by atoms with Crippen molar-refractivity contribution in [3.63, 3.8) is 0 Å². The number of aliphatic hydroxyl groups is 1. The standard InChI is InChI=1S/C16H24N2O2/c1-2-13-7-3-4-9-15(13)17-16(20)11-18-10-6-5-8-14(18)12-19/h3-4,7,9,14,19H,2,5-6,8,10-12H2,1H3,(H,17,20). The average molecular weight is 276 g/mol. The summed E-state index contributed by atoms with van der Waals surface area (Å²) in [4.78, 5) is 14.3. The smallest absolute Gasteiger partial charge is 0.238 e. The van der Waals surface area contributed by atoms with Gasteiger partial charge in [0, 0.05) is 11.7 Å². The van der Waals surface area contributed by atoms with Gasteiger partial charge in [-0.05, 0) is 37.4 Å². The summed E-state index contributed by atoms with van der Waals surface area (Å²) in [5.74, 6) is 0.00579. The minimum atomic E-state index is 0.00579. The van der Waals surface area contributed by atoms with Gasteiger partial charge in [0.15, 0.2) is 0 Å². The largest absolute Gasteiger partial charge is 0.395 e. The van der Waals surface area contributed by atoms with Crippen LogP contribution in [0.25, 0.3) is 0 Å². The van der Waals surface area contributed by atoms with Gasteiger partial charge in [-0.1, -0.05) is 31.5 Å². The molecule has 0 saturated carbocycles. The molecule has 1 saturated heterocycles. The SMILES string of the molecule is CCc1ccccc1NC(=O)CN1CCCCC1CO. The van der Waals surface area contributed by atoms with Crippen LogP contribution >= 0.6 is 0 Å². The highest BCUT2D eigenvalue weighted by Gasteiger charge is 2.23. The molecule has 0 aliphatic carbocycles. The van der Waals surface area contributed by atoms with Crippen LogP contribution in [-0.4, -0.2) is 41.7 Å². The number of anilines is 1. The Kier molecular flexibility index (Phi) is 5.56. The third kappa shape index (κ3) is 3.81. The van der Waals surface area contributed by atoms with Crippen LogP contribution in [0.2, 0.25) is 0 Å². The lowest BCUT2D eigenvalue weighted by atomic mass is 10.0. The Morgan fingerprint density at radius 1 is 1.40 bits per heavy atom. The van der Waals surface area contributed by atoms with Crippen molar-refractivity contribution in [1.29, 1.82) is 0 Å². The number of hydrogen-bond acceptors (Lipinski definition) is 3. The summed E-state index contributed by atoms with van der Waals surface area (Å²) in [6.07, 6.45) is 4.13. The van der Waals surface area contributed by atoms with Gasteiger partial charge >= 0.3 is 0 Å². The first-order valence-electron chi connectivity index (χ1n) is 7.47. The van der Waals surface area contributed by atoms with Crippen LogP contribution in [0.5, 0.6) is 0 Å². The summed E-state index contributed by atoms with van der Waals surface area (Å²) in [7, 11) is 0. The van der Waals surface area contributed by atoms with Crippen molar-refractivity contribution < 1.29 is 9.90 Å². The summed E-state index contributed by atoms with van der Waals surface area (Å²) in [6.45, 7) is 3.48. The monoisotopic (exact) mass is 276 g/mol. The van der Waals surface area contributed by atoms with Crippen LogP contribution in [0, 0.1) is 0 Å². The van der Waals surface area contributed by atoms with Gasteiger partial charge in [0.2, 0.25) is 5.91 Å². The molecule has 2 N–H and O–H groups in total. The number of amides is 1. The fourth-order valence-corrected chi connectivity index (χ4v) is 2.80. The molecule has 1 aromatic carbocycles. The van der Waals surface area contributed by atoms with Gasteiger partial charge in [-0.2, -0.15) is 0 Å². The molecule has 4 nitrogen and oxygen atoms in total. The predicted molar refractivity (Wildman–Crippen MR) is 80.7 cm³/mol. The zero-order valence-electron chi connectivity index (χ0n) is 12.1. The number of para-hydroxylation sites is 1. The van der Waals surface area contributed by atoms with Gasteiger partial charge in [0.05, 0.1) is 13.2 Å². The molecule has 1 unspecified atom stereocenters. The molecule has 1 amide bonds. The van der Waals surface area contributed by atoms with E-state index in [-0.39, 0.29) is 18.6 Å². The fourth-order valence-electron chi connectivity index (χ4n) is 2.80. The van der Waals surface area contributed by atoms with Crippen molar-refractivity contribution in [1.82, 2.24) is 4.90 Å². The van der Waals surface area contributed by atoms with Gasteiger partial charge in [0.25, 0.3) is 0 Å². The summed E-state index contributed by atoms with van der Waals surface area (Å²) in [5.41, 5.74) is 2.05. The number of aryl methyl sites for hydroxylation is 1. The van der Waals surface area contributed by atoms with E-state index in [2.05, 4.69) is 17.1 Å². The number of likely N-dealkylation sites (tertiary alicyclic amines) is 1. The molecular weight excluding hydrogens is 252 g/mol. The topological polar surface area (TPSA) is 52.6 Å². The van der Waals surface area contributed by atoms with Crippen LogP contribution in [-0.2, 0) is 11.2 Å². The van der Waals surface area contributed by atoms with E-state index in [9.17, 15) is 9.90 Å². The lowest BCUT2D eigenvalue weighted by molar-refractivity contribution is -0.118. The van der Waals surface area contributed by atoms with Gasteiger partial charge in [-0.25, -0.2) is 0 Å². The van der Waals surface area contributed by atoms with E-state index in [0.717, 1.165) is 43.5 Å². The average Bonchev–Trinajstić information content (AvgIpc) is 2.48. The highest BCUT2D eigenvalue weighted by Crippen LogP contribution is 2.18. The maximum Gasteiger partial charge on any atom is 0.238 e. The molecule has 0 spiro atoms. The molecule has 2 rings (SSSR count). The summed E-state index contributed by atoms with van der Waals surface area (Å²) < 4.78 is 0. The molecule has 4 heteroatoms. The van der Waals surface area contributed by atoms with Crippen molar-refractivity contribution in [2.45, 2.75) is 38.6 Å². The van der Waals surface area contributed by atoms with Crippen LogP contribution < -0.4 is 5.32 Å². The van der Waals surface area contributed by atoms with Crippen molar-refractivity contribution in [3.05, 3.63) is 29.8 Å². The zero-order chi connectivity index (χ0) is 14.4. The second kappa shape index (κ2) is 7.41. The van der Waals surface area contributed by atoms with E-state index < -0.39 is 0 Å². The molecule has 1 aliphatic heterocycles. The molecule has 20 heavy (non-hydrogen) atoms. The van der Waals surface area contributed by atoms with Gasteiger partial charge < -0.3 is 10.4 Å². The van der Waals surface area contributed by atoms with Crippen molar-refractivity contribution in [2.75, 3.05) is 25.0 Å². The molecule has 1 atom stereocenters. The summed E-state index contributed by atoms with van der Waals surface area (Å²) in [6, 6.07) is 8.03. The molecule has 0 aromatic heterocycles. The van der Waals surface area contributed by atoms with Crippen LogP contribution in [0.1, 0.15) is 31.7 Å². The molecule has 0 bridgehead atoms. The number of nitrogens with one attached hydrogen (secondary N) is 1. The van der Waals surface area contributed by atoms with E-state index in [1.54, 1.807) is 0 Å². The zero-order valence-corrected chi connectivity index (χ0v) is 12.1. The van der Waals surface area contributed by atoms with E-state index in [4.69, 9.17) is 0 Å². The summed E-state index contributed by atoms with van der Waals surface area (Å²) in [5, 5.41) is 12.4. The number of benzene rings is 1. The predicted octanol–water partition coefficient (Wildman–Crippen LogP) is 2.03. The normalized spacial score (nSPS) is 19.8. The number of carbonyl (C=O) groups excluding carboxylic acids is 1. The Morgan fingerprint density at radius 2 is 2.20 bits per heavy atom. The Morgan fingerprint density at radius 3 is 2.95 bits per heavy atom. The fraction of sp³-hybridized carbons (Fsp3) is 0.562. The third-order valence-electron chi connectivity index (χ3n) is 3.98. The minimum Gasteiger partial charge on any atom is -0.395 e. The first kappa shape index (κ1) is 15.0. The highest BCUT2D eigenvalue weighted by atomic mass is 16.3. The number of nitrogens with zero attached hydrogens (tertiary/aromatic N) is 1. The second-order valence-corrected chi connectivity index (χ2v) is 5.36. The molecule has 110 valence electrons. The number of piperidine rings is 1. The van der Waals surface area contributed by atoms with Crippen molar-refractivity contribution >= 4 is 11.6 Å². The Labute approximate surface area is 120 Å². The molecule has 1 aromatic rings. The van der Waals surface area contributed by atoms with Crippen molar-refractivity contribution in [2.24, 2.45) is 0 Å². The molecule has 0 radical (unpaired) electrons. The lowest BCUT2D eigenvalue weighted by Gasteiger charge is -2.33. The molecule has 1 fully saturated rings. The van der Waals surface area contributed by atoms with Gasteiger partial charge in [-0.15, -0.1) is 0 Å². The maximum atomic E-state index is 12.2. The highest BCUT2D eigenvalue weighted by molar-refractivity contribution is 5.93. The Balaban J connectivity index is 1.94. The van der Waals surface area contributed by atoms with Gasteiger partial charge in [-0.3, -0.25) is 9.69 Å². The Bertz CT molecular complexity index is 448. The van der Waals surface area contributed by atoms with E-state index in [1.165, 1.54) is 0 Å². The van der Waals surface area contributed by atoms with Crippen LogP contribution in [0.4, 0.5) is 5.69 Å². The molecule has 1 heterocycles. The lowest BCUT2D eigenvalue weighted by Crippen LogP contribution is -2.45. The number of aliphatic hydroxyl groups excluding tert-OH is 1. The summed E-state index contributed by atoms with van der Waals surface area (Å²) >= 11 is 0. The number of hydrogen-bond donors (Lipinski definition) is 2. The number of rotatable bonds is 5. The minimum absolute atomic E-state index is 0.00579. The van der Waals surface area contributed by atoms with E-state index >= 15 is 0 Å². The first-order chi connectivity index (χ1) is 9.74. The molecular formula is C16H24N2O2. The molecule has 1 aliphatic rings. The van der Waals surface area contributed by atoms with Crippen LogP contribution in [0.3, 0.4) is 0 Å². The number of carbonyl (C=O) groups is 1. The van der Waals surface area contributed by atoms with Crippen LogP contribution in [0.15, 0.2) is 24.3 Å². The van der Waals surface area contributed by atoms with E-state index in [0.29, 0.717) is 6.54 Å². The first-order valence-corrected chi connectivity index (χ1v) is 7.47. The second-order valence-electron chi connectivity index (χ2n) is 5.36. The van der Waals surface area contributed by atoms with E-state index in [1.807, 2.05) is 24.3 Å². The third-order valence-corrected chi connectivity index (χ3v) is 3.98. The quantitative estimate of drug-likeness (QED) is 0.865. The maximum absolute atomic E-state index is 12.2. The Hall–Kier alpha value is -1.39.